The molecule has 0 aliphatic carbocycles. The second-order valence-electron chi connectivity index (χ2n) is 3.36. The van der Waals surface area contributed by atoms with Crippen LogP contribution in [0.3, 0.4) is 0 Å². The summed E-state index contributed by atoms with van der Waals surface area (Å²) in [5.74, 6) is -0.606. The molecule has 2 nitrogen and oxygen atoms in total. The molecule has 15 heavy (non-hydrogen) atoms. The highest BCUT2D eigenvalue weighted by Crippen LogP contribution is 2.13. The van der Waals surface area contributed by atoms with Gasteiger partial charge < -0.3 is 0 Å². The third kappa shape index (κ3) is 3.29. The Kier molecular flexibility index (Phi) is 4.13. The van der Waals surface area contributed by atoms with E-state index in [-0.39, 0.29) is 5.92 Å². The van der Waals surface area contributed by atoms with Crippen LogP contribution in [0.25, 0.3) is 6.08 Å². The predicted octanol–water partition coefficient (Wildman–Crippen LogP) is 3.00. The molecule has 0 spiro atoms. The molecule has 0 aliphatic heterocycles. The van der Waals surface area contributed by atoms with Gasteiger partial charge in [0.1, 0.15) is 5.92 Å². The summed E-state index contributed by atoms with van der Waals surface area (Å²) in [5.41, 5.74) is 1.08. The first-order chi connectivity index (χ1) is 7.27. The highest BCUT2D eigenvalue weighted by molar-refractivity contribution is 5.49. The van der Waals surface area contributed by atoms with Gasteiger partial charge >= 0.3 is 0 Å². The fourth-order valence-electron chi connectivity index (χ4n) is 1.20. The minimum absolute atomic E-state index is 0.0415. The van der Waals surface area contributed by atoms with Gasteiger partial charge in [0.15, 0.2) is 0 Å². The lowest BCUT2D eigenvalue weighted by molar-refractivity contribution is 0.637. The van der Waals surface area contributed by atoms with Gasteiger partial charge in [-0.25, -0.2) is 0 Å². The van der Waals surface area contributed by atoms with Crippen LogP contribution in [-0.2, 0) is 0 Å². The van der Waals surface area contributed by atoms with E-state index in [4.69, 9.17) is 10.5 Å². The summed E-state index contributed by atoms with van der Waals surface area (Å²) in [5, 5.41) is 17.4. The number of nitrogens with zero attached hydrogens (tertiary/aromatic N) is 2. The molecule has 0 aliphatic rings. The van der Waals surface area contributed by atoms with E-state index in [0.717, 1.165) is 5.56 Å². The van der Waals surface area contributed by atoms with Gasteiger partial charge in [0, 0.05) is 5.92 Å². The molecule has 1 atom stereocenters. The molecule has 0 radical (unpaired) electrons. The summed E-state index contributed by atoms with van der Waals surface area (Å²) in [4.78, 5) is 0. The Labute approximate surface area is 90.1 Å². The maximum atomic E-state index is 8.69. The molecule has 0 saturated carbocycles. The molecule has 0 N–H and O–H groups in total. The number of nitriles is 2. The molecule has 0 bridgehead atoms. The third-order valence-corrected chi connectivity index (χ3v) is 2.20. The molecule has 1 unspecified atom stereocenters. The molecular formula is C13H12N2. The van der Waals surface area contributed by atoms with Crippen LogP contribution < -0.4 is 0 Å². The number of benzene rings is 1. The fraction of sp³-hybridized carbons (Fsp3) is 0.231. The van der Waals surface area contributed by atoms with Crippen LogP contribution in [-0.4, -0.2) is 0 Å². The van der Waals surface area contributed by atoms with E-state index in [1.807, 2.05) is 61.5 Å². The summed E-state index contributed by atoms with van der Waals surface area (Å²) >= 11 is 0. The Morgan fingerprint density at radius 1 is 1.13 bits per heavy atom. The Morgan fingerprint density at radius 2 is 1.73 bits per heavy atom. The maximum Gasteiger partial charge on any atom is 0.139 e. The normalized spacial score (nSPS) is 12.3. The number of allylic oxidation sites excluding steroid dienone is 1. The van der Waals surface area contributed by atoms with Gasteiger partial charge in [-0.3, -0.25) is 0 Å². The topological polar surface area (TPSA) is 47.6 Å². The van der Waals surface area contributed by atoms with Gasteiger partial charge in [0.25, 0.3) is 0 Å². The van der Waals surface area contributed by atoms with E-state index in [9.17, 15) is 0 Å². The Balaban J connectivity index is 2.68. The van der Waals surface area contributed by atoms with E-state index in [2.05, 4.69) is 0 Å². The van der Waals surface area contributed by atoms with Crippen molar-refractivity contribution in [1.29, 1.82) is 10.5 Å². The van der Waals surface area contributed by atoms with E-state index in [1.165, 1.54) is 0 Å². The largest absolute Gasteiger partial charge is 0.197 e. The molecule has 1 rings (SSSR count). The van der Waals surface area contributed by atoms with Crippen molar-refractivity contribution in [2.45, 2.75) is 6.92 Å². The summed E-state index contributed by atoms with van der Waals surface area (Å²) < 4.78 is 0. The summed E-state index contributed by atoms with van der Waals surface area (Å²) in [7, 11) is 0. The number of hydrogen-bond donors (Lipinski definition) is 0. The monoisotopic (exact) mass is 196 g/mol. The lowest BCUT2D eigenvalue weighted by atomic mass is 9.96. The first-order valence-electron chi connectivity index (χ1n) is 4.80. The van der Waals surface area contributed by atoms with Crippen LogP contribution in [0.2, 0.25) is 0 Å². The van der Waals surface area contributed by atoms with Crippen molar-refractivity contribution < 1.29 is 0 Å². The first-order valence-corrected chi connectivity index (χ1v) is 4.80. The SMILES string of the molecule is CC(/C=C\c1ccccc1)C(C#N)C#N. The highest BCUT2D eigenvalue weighted by atomic mass is 14.3. The van der Waals surface area contributed by atoms with Gasteiger partial charge in [-0.2, -0.15) is 10.5 Å². The quantitative estimate of drug-likeness (QED) is 0.746. The molecule has 0 fully saturated rings. The van der Waals surface area contributed by atoms with E-state index < -0.39 is 5.92 Å². The van der Waals surface area contributed by atoms with Gasteiger partial charge in [-0.1, -0.05) is 49.4 Å². The Morgan fingerprint density at radius 3 is 2.27 bits per heavy atom. The lowest BCUT2D eigenvalue weighted by Crippen LogP contribution is -2.03. The smallest absolute Gasteiger partial charge is 0.139 e. The van der Waals surface area contributed by atoms with Gasteiger partial charge in [-0.05, 0) is 5.56 Å². The third-order valence-electron chi connectivity index (χ3n) is 2.20. The van der Waals surface area contributed by atoms with Crippen molar-refractivity contribution in [3.05, 3.63) is 42.0 Å². The van der Waals surface area contributed by atoms with E-state index in [0.29, 0.717) is 0 Å². The molecule has 2 heteroatoms. The second kappa shape index (κ2) is 5.62. The van der Waals surface area contributed by atoms with Crippen molar-refractivity contribution in [3.8, 4) is 12.1 Å². The van der Waals surface area contributed by atoms with Crippen molar-refractivity contribution in [3.63, 3.8) is 0 Å². The lowest BCUT2D eigenvalue weighted by Gasteiger charge is -2.04. The number of rotatable bonds is 3. The maximum absolute atomic E-state index is 8.69. The van der Waals surface area contributed by atoms with Crippen molar-refractivity contribution in [2.24, 2.45) is 11.8 Å². The van der Waals surface area contributed by atoms with Crippen molar-refractivity contribution in [1.82, 2.24) is 0 Å². The molecule has 1 aromatic rings. The minimum atomic E-state index is -0.565. The van der Waals surface area contributed by atoms with E-state index >= 15 is 0 Å². The zero-order chi connectivity index (χ0) is 11.1. The molecule has 0 aromatic heterocycles. The van der Waals surface area contributed by atoms with Crippen LogP contribution in [0.4, 0.5) is 0 Å². The highest BCUT2D eigenvalue weighted by Gasteiger charge is 2.11. The standard InChI is InChI=1S/C13H12N2/c1-11(13(9-14)10-15)7-8-12-5-3-2-4-6-12/h2-8,11,13H,1H3/b8-7-. The molecule has 0 saturated heterocycles. The average molecular weight is 196 g/mol. The fourth-order valence-corrected chi connectivity index (χ4v) is 1.20. The summed E-state index contributed by atoms with van der Waals surface area (Å²) in [6.45, 7) is 1.87. The second-order valence-corrected chi connectivity index (χ2v) is 3.36. The molecule has 1 aromatic carbocycles. The molecule has 0 amide bonds. The van der Waals surface area contributed by atoms with Crippen LogP contribution in [0.5, 0.6) is 0 Å². The predicted molar refractivity (Wildman–Crippen MR) is 59.4 cm³/mol. The summed E-state index contributed by atoms with van der Waals surface area (Å²) in [6.07, 6.45) is 3.83. The minimum Gasteiger partial charge on any atom is -0.197 e. The van der Waals surface area contributed by atoms with Gasteiger partial charge in [-0.15, -0.1) is 0 Å². The van der Waals surface area contributed by atoms with Gasteiger partial charge in [0.05, 0.1) is 12.1 Å². The number of hydrogen-bond acceptors (Lipinski definition) is 2. The van der Waals surface area contributed by atoms with Crippen molar-refractivity contribution in [2.75, 3.05) is 0 Å². The molecule has 74 valence electrons. The van der Waals surface area contributed by atoms with Crippen LogP contribution in [0.15, 0.2) is 36.4 Å². The van der Waals surface area contributed by atoms with E-state index in [1.54, 1.807) is 0 Å². The zero-order valence-corrected chi connectivity index (χ0v) is 8.59. The Hall–Kier alpha value is -2.06. The van der Waals surface area contributed by atoms with Crippen LogP contribution in [0, 0.1) is 34.5 Å². The zero-order valence-electron chi connectivity index (χ0n) is 8.59. The first kappa shape index (κ1) is 11.0. The molecule has 0 heterocycles. The average Bonchev–Trinajstić information content (AvgIpc) is 2.29. The summed E-state index contributed by atoms with van der Waals surface area (Å²) in [6, 6.07) is 13.8. The molecular weight excluding hydrogens is 184 g/mol. The van der Waals surface area contributed by atoms with Crippen LogP contribution >= 0.6 is 0 Å². The van der Waals surface area contributed by atoms with Crippen molar-refractivity contribution >= 4 is 6.08 Å². The van der Waals surface area contributed by atoms with Crippen LogP contribution in [0.1, 0.15) is 12.5 Å². The Bertz CT molecular complexity index is 392. The van der Waals surface area contributed by atoms with Gasteiger partial charge in [0.2, 0.25) is 0 Å².